The van der Waals surface area contributed by atoms with Gasteiger partial charge in [0.15, 0.2) is 0 Å². The maximum absolute atomic E-state index is 12.4. The molecule has 0 unspecified atom stereocenters. The van der Waals surface area contributed by atoms with Gasteiger partial charge in [-0.25, -0.2) is 0 Å². The van der Waals surface area contributed by atoms with Crippen molar-refractivity contribution in [1.29, 1.82) is 0 Å². The molecule has 2 amide bonds. The van der Waals surface area contributed by atoms with Gasteiger partial charge in [0.25, 0.3) is 0 Å². The summed E-state index contributed by atoms with van der Waals surface area (Å²) in [5.74, 6) is 0.901. The highest BCUT2D eigenvalue weighted by molar-refractivity contribution is 6.18. The average molecular weight is 479 g/mol. The molecule has 2 N–H and O–H groups in total. The Labute approximate surface area is 200 Å². The minimum atomic E-state index is -0.102. The SMILES string of the molecule is CCN(CC)CC(=O)Nc1ccc(NC(=O)Cc2ccc(N(CCCl)CCCl)cc2)cc1. The van der Waals surface area contributed by atoms with Crippen molar-refractivity contribution in [3.8, 4) is 0 Å². The highest BCUT2D eigenvalue weighted by atomic mass is 35.5. The number of amides is 2. The zero-order chi connectivity index (χ0) is 23.3. The Morgan fingerprint density at radius 3 is 1.75 bits per heavy atom. The quantitative estimate of drug-likeness (QED) is 0.417. The summed E-state index contributed by atoms with van der Waals surface area (Å²) < 4.78 is 0. The van der Waals surface area contributed by atoms with Crippen LogP contribution >= 0.6 is 23.2 Å². The van der Waals surface area contributed by atoms with E-state index in [4.69, 9.17) is 23.2 Å². The molecule has 0 aliphatic heterocycles. The Morgan fingerprint density at radius 1 is 0.781 bits per heavy atom. The molecule has 0 heterocycles. The van der Waals surface area contributed by atoms with E-state index >= 15 is 0 Å². The lowest BCUT2D eigenvalue weighted by Gasteiger charge is -2.23. The second-order valence-corrected chi connectivity index (χ2v) is 8.10. The molecule has 0 aliphatic carbocycles. The Bertz CT molecular complexity index is 834. The summed E-state index contributed by atoms with van der Waals surface area (Å²) >= 11 is 11.7. The molecule has 32 heavy (non-hydrogen) atoms. The van der Waals surface area contributed by atoms with Crippen molar-refractivity contribution in [2.45, 2.75) is 20.3 Å². The van der Waals surface area contributed by atoms with Crippen LogP contribution in [-0.4, -0.2) is 61.2 Å². The third-order valence-electron chi connectivity index (χ3n) is 5.09. The van der Waals surface area contributed by atoms with Crippen molar-refractivity contribution in [2.24, 2.45) is 0 Å². The van der Waals surface area contributed by atoms with Crippen LogP contribution in [0.25, 0.3) is 0 Å². The molecule has 0 radical (unpaired) electrons. The summed E-state index contributed by atoms with van der Waals surface area (Å²) in [6.45, 7) is 7.52. The van der Waals surface area contributed by atoms with Gasteiger partial charge in [0, 0.05) is 41.9 Å². The van der Waals surface area contributed by atoms with Crippen LogP contribution in [0.5, 0.6) is 0 Å². The average Bonchev–Trinajstić information content (AvgIpc) is 2.79. The zero-order valence-corrected chi connectivity index (χ0v) is 20.3. The molecule has 2 aromatic rings. The summed E-state index contributed by atoms with van der Waals surface area (Å²) in [5.41, 5.74) is 3.34. The first kappa shape index (κ1) is 26.0. The van der Waals surface area contributed by atoms with Gasteiger partial charge in [0.05, 0.1) is 13.0 Å². The van der Waals surface area contributed by atoms with Gasteiger partial charge in [0.2, 0.25) is 11.8 Å². The highest BCUT2D eigenvalue weighted by Crippen LogP contribution is 2.17. The van der Waals surface area contributed by atoms with Crippen molar-refractivity contribution in [3.63, 3.8) is 0 Å². The van der Waals surface area contributed by atoms with Crippen LogP contribution < -0.4 is 15.5 Å². The van der Waals surface area contributed by atoms with E-state index < -0.39 is 0 Å². The molecule has 8 heteroatoms. The van der Waals surface area contributed by atoms with Gasteiger partial charge < -0.3 is 15.5 Å². The lowest BCUT2D eigenvalue weighted by atomic mass is 10.1. The van der Waals surface area contributed by atoms with E-state index in [9.17, 15) is 9.59 Å². The largest absolute Gasteiger partial charge is 0.369 e. The third kappa shape index (κ3) is 8.69. The van der Waals surface area contributed by atoms with Crippen LogP contribution in [-0.2, 0) is 16.0 Å². The molecule has 0 atom stereocenters. The molecule has 0 saturated carbocycles. The first-order chi connectivity index (χ1) is 15.5. The Hall–Kier alpha value is -2.28. The molecule has 0 aliphatic rings. The van der Waals surface area contributed by atoms with E-state index in [-0.39, 0.29) is 18.2 Å². The first-order valence-corrected chi connectivity index (χ1v) is 11.9. The molecule has 0 bridgehead atoms. The van der Waals surface area contributed by atoms with Gasteiger partial charge in [-0.15, -0.1) is 23.2 Å². The Kier molecular flexibility index (Phi) is 11.4. The van der Waals surface area contributed by atoms with Crippen molar-refractivity contribution in [3.05, 3.63) is 54.1 Å². The van der Waals surface area contributed by atoms with E-state index in [0.29, 0.717) is 29.7 Å². The number of nitrogens with zero attached hydrogens (tertiary/aromatic N) is 2. The molecule has 174 valence electrons. The number of nitrogens with one attached hydrogen (secondary N) is 2. The van der Waals surface area contributed by atoms with Gasteiger partial charge in [-0.2, -0.15) is 0 Å². The van der Waals surface area contributed by atoms with Crippen molar-refractivity contribution >= 4 is 52.1 Å². The lowest BCUT2D eigenvalue weighted by molar-refractivity contribution is -0.117. The number of benzene rings is 2. The second kappa shape index (κ2) is 14.0. The summed E-state index contributed by atoms with van der Waals surface area (Å²) in [6, 6.07) is 15.0. The summed E-state index contributed by atoms with van der Waals surface area (Å²) in [5, 5.41) is 5.77. The van der Waals surface area contributed by atoms with Crippen molar-refractivity contribution in [2.75, 3.05) is 60.0 Å². The van der Waals surface area contributed by atoms with E-state index in [2.05, 4.69) is 15.5 Å². The van der Waals surface area contributed by atoms with Crippen LogP contribution in [0, 0.1) is 0 Å². The number of hydrogen-bond donors (Lipinski definition) is 2. The van der Waals surface area contributed by atoms with Gasteiger partial charge in [-0.3, -0.25) is 14.5 Å². The van der Waals surface area contributed by atoms with E-state index in [1.165, 1.54) is 0 Å². The molecule has 2 rings (SSSR count). The van der Waals surface area contributed by atoms with Crippen LogP contribution in [0.4, 0.5) is 17.1 Å². The maximum atomic E-state index is 12.4. The fourth-order valence-corrected chi connectivity index (χ4v) is 3.69. The summed E-state index contributed by atoms with van der Waals surface area (Å²) in [4.78, 5) is 28.7. The van der Waals surface area contributed by atoms with Gasteiger partial charge in [-0.1, -0.05) is 26.0 Å². The molecule has 0 spiro atoms. The van der Waals surface area contributed by atoms with Crippen LogP contribution in [0.3, 0.4) is 0 Å². The fraction of sp³-hybridized carbons (Fsp3) is 0.417. The molecule has 0 fully saturated rings. The number of carbonyl (C=O) groups excluding carboxylic acids is 2. The van der Waals surface area contributed by atoms with Crippen molar-refractivity contribution < 1.29 is 9.59 Å². The summed E-state index contributed by atoms with van der Waals surface area (Å²) in [7, 11) is 0. The standard InChI is InChI=1S/C24H32Cl2N4O2/c1-3-29(4-2)18-24(32)28-21-9-7-20(8-10-21)27-23(31)17-19-5-11-22(12-6-19)30(15-13-25)16-14-26/h5-12H,3-4,13-18H2,1-2H3,(H,27,31)(H,28,32). The topological polar surface area (TPSA) is 64.7 Å². The van der Waals surface area contributed by atoms with Crippen LogP contribution in [0.15, 0.2) is 48.5 Å². The number of rotatable bonds is 13. The number of alkyl halides is 2. The predicted octanol–water partition coefficient (Wildman–Crippen LogP) is 4.43. The first-order valence-electron chi connectivity index (χ1n) is 10.9. The van der Waals surface area contributed by atoms with Gasteiger partial charge >= 0.3 is 0 Å². The number of hydrogen-bond acceptors (Lipinski definition) is 4. The van der Waals surface area contributed by atoms with Crippen molar-refractivity contribution in [1.82, 2.24) is 4.90 Å². The smallest absolute Gasteiger partial charge is 0.238 e. The van der Waals surface area contributed by atoms with Gasteiger partial charge in [0.1, 0.15) is 0 Å². The van der Waals surface area contributed by atoms with E-state index in [0.717, 1.165) is 37.4 Å². The maximum Gasteiger partial charge on any atom is 0.238 e. The third-order valence-corrected chi connectivity index (χ3v) is 5.43. The molecular weight excluding hydrogens is 447 g/mol. The number of halogens is 2. The molecular formula is C24H32Cl2N4O2. The predicted molar refractivity (Wildman–Crippen MR) is 135 cm³/mol. The molecule has 0 saturated heterocycles. The lowest BCUT2D eigenvalue weighted by Crippen LogP contribution is -2.32. The Balaban J connectivity index is 1.87. The zero-order valence-electron chi connectivity index (χ0n) is 18.7. The highest BCUT2D eigenvalue weighted by Gasteiger charge is 2.09. The molecule has 6 nitrogen and oxygen atoms in total. The number of anilines is 3. The molecule has 2 aromatic carbocycles. The summed E-state index contributed by atoms with van der Waals surface area (Å²) in [6.07, 6.45) is 0.271. The monoisotopic (exact) mass is 478 g/mol. The minimum absolute atomic E-state index is 0.0513. The van der Waals surface area contributed by atoms with Crippen LogP contribution in [0.2, 0.25) is 0 Å². The normalized spacial score (nSPS) is 10.8. The number of carbonyl (C=O) groups is 2. The Morgan fingerprint density at radius 2 is 1.28 bits per heavy atom. The molecule has 0 aromatic heterocycles. The van der Waals surface area contributed by atoms with E-state index in [1.54, 1.807) is 24.3 Å². The minimum Gasteiger partial charge on any atom is -0.369 e. The van der Waals surface area contributed by atoms with Gasteiger partial charge in [-0.05, 0) is 55.1 Å². The fourth-order valence-electron chi connectivity index (χ4n) is 3.28. The number of likely N-dealkylation sites (N-methyl/N-ethyl adjacent to an activating group) is 1. The van der Waals surface area contributed by atoms with E-state index in [1.807, 2.05) is 43.0 Å². The second-order valence-electron chi connectivity index (χ2n) is 7.34. The van der Waals surface area contributed by atoms with Crippen LogP contribution in [0.1, 0.15) is 19.4 Å².